The average molecular weight is 347 g/mol. The summed E-state index contributed by atoms with van der Waals surface area (Å²) in [5.74, 6) is 0.958. The molecule has 6 heteroatoms. The molecule has 0 saturated heterocycles. The van der Waals surface area contributed by atoms with Crippen LogP contribution in [-0.4, -0.2) is 21.5 Å². The lowest BCUT2D eigenvalue weighted by Gasteiger charge is -2.28. The molecular weight excluding hydrogens is 330 g/mol. The third-order valence-corrected chi connectivity index (χ3v) is 5.49. The quantitative estimate of drug-likeness (QED) is 0.708. The maximum Gasteiger partial charge on any atom is 0.131 e. The van der Waals surface area contributed by atoms with Gasteiger partial charge in [0.05, 0.1) is 17.8 Å². The monoisotopic (exact) mass is 347 g/mol. The van der Waals surface area contributed by atoms with E-state index in [0.717, 1.165) is 47.2 Å². The highest BCUT2D eigenvalue weighted by atomic mass is 32.1. The van der Waals surface area contributed by atoms with Crippen molar-refractivity contribution in [3.63, 3.8) is 0 Å². The average Bonchev–Trinajstić information content (AvgIpc) is 3.05. The van der Waals surface area contributed by atoms with Gasteiger partial charge in [0, 0.05) is 41.5 Å². The number of anilines is 1. The van der Waals surface area contributed by atoms with E-state index in [1.54, 1.807) is 17.5 Å². The van der Waals surface area contributed by atoms with Crippen LogP contribution < -0.4 is 4.90 Å². The third kappa shape index (κ3) is 2.99. The number of nitrogens with zero attached hydrogens (tertiary/aromatic N) is 5. The molecule has 4 rings (SSSR count). The van der Waals surface area contributed by atoms with Crippen molar-refractivity contribution in [3.8, 4) is 16.6 Å². The zero-order valence-corrected chi connectivity index (χ0v) is 15.0. The topological polar surface area (TPSA) is 65.7 Å². The predicted molar refractivity (Wildman–Crippen MR) is 98.5 cm³/mol. The van der Waals surface area contributed by atoms with Crippen molar-refractivity contribution in [3.05, 3.63) is 58.0 Å². The molecule has 3 aromatic rings. The first-order valence-corrected chi connectivity index (χ1v) is 8.99. The van der Waals surface area contributed by atoms with Gasteiger partial charge in [-0.3, -0.25) is 4.98 Å². The largest absolute Gasteiger partial charge is 0.351 e. The van der Waals surface area contributed by atoms with Crippen LogP contribution in [0.1, 0.15) is 27.4 Å². The van der Waals surface area contributed by atoms with Gasteiger partial charge >= 0.3 is 0 Å². The molecule has 0 unspecified atom stereocenters. The molecule has 1 aliphatic rings. The highest BCUT2D eigenvalue weighted by Crippen LogP contribution is 2.33. The van der Waals surface area contributed by atoms with Crippen LogP contribution >= 0.6 is 11.3 Å². The molecule has 0 saturated carbocycles. The summed E-state index contributed by atoms with van der Waals surface area (Å²) in [6.07, 6.45) is 4.40. The molecule has 0 amide bonds. The molecule has 0 aromatic carbocycles. The fraction of sp³-hybridized carbons (Fsp3) is 0.263. The van der Waals surface area contributed by atoms with E-state index in [9.17, 15) is 0 Å². The second-order valence-corrected chi connectivity index (χ2v) is 7.31. The number of hydrogen-bond donors (Lipinski definition) is 0. The summed E-state index contributed by atoms with van der Waals surface area (Å²) in [7, 11) is 0. The van der Waals surface area contributed by atoms with Crippen LogP contribution in [0.2, 0.25) is 0 Å². The van der Waals surface area contributed by atoms with Gasteiger partial charge < -0.3 is 4.90 Å². The number of nitriles is 1. The van der Waals surface area contributed by atoms with Crippen molar-refractivity contribution < 1.29 is 0 Å². The van der Waals surface area contributed by atoms with Gasteiger partial charge in [-0.25, -0.2) is 9.97 Å². The molecular formula is C19H17N5S. The Hall–Kier alpha value is -2.78. The van der Waals surface area contributed by atoms with Crippen molar-refractivity contribution in [1.82, 2.24) is 15.0 Å². The summed E-state index contributed by atoms with van der Waals surface area (Å²) in [6, 6.07) is 8.14. The summed E-state index contributed by atoms with van der Waals surface area (Å²) in [5.41, 5.74) is 4.97. The molecule has 0 bridgehead atoms. The molecule has 0 atom stereocenters. The van der Waals surface area contributed by atoms with Crippen molar-refractivity contribution in [2.45, 2.75) is 26.8 Å². The minimum Gasteiger partial charge on any atom is -0.351 e. The number of thiazole rings is 1. The maximum atomic E-state index is 9.01. The van der Waals surface area contributed by atoms with Crippen LogP contribution in [0, 0.1) is 25.2 Å². The van der Waals surface area contributed by atoms with E-state index in [0.29, 0.717) is 5.56 Å². The Kier molecular flexibility index (Phi) is 3.94. The summed E-state index contributed by atoms with van der Waals surface area (Å²) >= 11 is 1.75. The Morgan fingerprint density at radius 2 is 2.12 bits per heavy atom. The van der Waals surface area contributed by atoms with Gasteiger partial charge in [-0.05, 0) is 37.6 Å². The van der Waals surface area contributed by atoms with Gasteiger partial charge in [-0.1, -0.05) is 0 Å². The summed E-state index contributed by atoms with van der Waals surface area (Å²) < 4.78 is 0. The van der Waals surface area contributed by atoms with Crippen LogP contribution in [0.3, 0.4) is 0 Å². The Labute approximate surface area is 150 Å². The van der Waals surface area contributed by atoms with Crippen LogP contribution in [0.25, 0.3) is 10.6 Å². The predicted octanol–water partition coefficient (Wildman–Crippen LogP) is 3.65. The molecule has 0 spiro atoms. The van der Waals surface area contributed by atoms with Crippen LogP contribution in [-0.2, 0) is 13.0 Å². The van der Waals surface area contributed by atoms with Crippen molar-refractivity contribution in [2.75, 3.05) is 11.4 Å². The van der Waals surface area contributed by atoms with Gasteiger partial charge in [0.25, 0.3) is 0 Å². The molecule has 0 fully saturated rings. The van der Waals surface area contributed by atoms with E-state index < -0.39 is 0 Å². The van der Waals surface area contributed by atoms with Crippen LogP contribution in [0.5, 0.6) is 0 Å². The highest BCUT2D eigenvalue weighted by molar-refractivity contribution is 7.15. The normalized spacial score (nSPS) is 13.4. The molecule has 0 N–H and O–H groups in total. The minimum absolute atomic E-state index is 0.604. The zero-order chi connectivity index (χ0) is 17.4. The lowest BCUT2D eigenvalue weighted by molar-refractivity contribution is 0.716. The second kappa shape index (κ2) is 6.26. The number of pyridine rings is 2. The maximum absolute atomic E-state index is 9.01. The number of rotatable bonds is 2. The molecule has 4 heterocycles. The lowest BCUT2D eigenvalue weighted by Crippen LogP contribution is -2.31. The van der Waals surface area contributed by atoms with Crippen molar-refractivity contribution in [1.29, 1.82) is 5.26 Å². The van der Waals surface area contributed by atoms with Crippen molar-refractivity contribution in [2.24, 2.45) is 0 Å². The van der Waals surface area contributed by atoms with Crippen LogP contribution in [0.4, 0.5) is 5.82 Å². The Bertz CT molecular complexity index is 986. The fourth-order valence-corrected chi connectivity index (χ4v) is 4.26. The van der Waals surface area contributed by atoms with E-state index >= 15 is 0 Å². The number of fused-ring (bicyclic) bond motifs is 1. The number of aromatic nitrogens is 3. The van der Waals surface area contributed by atoms with E-state index in [-0.39, 0.29) is 0 Å². The molecule has 1 aliphatic heterocycles. The number of aryl methyl sites for hydroxylation is 2. The first kappa shape index (κ1) is 15.7. The second-order valence-electron chi connectivity index (χ2n) is 6.22. The van der Waals surface area contributed by atoms with E-state index in [1.807, 2.05) is 32.2 Å². The minimum atomic E-state index is 0.604. The Morgan fingerprint density at radius 3 is 2.88 bits per heavy atom. The van der Waals surface area contributed by atoms with Gasteiger partial charge in [0.15, 0.2) is 0 Å². The standard InChI is InChI=1S/C19H17N5S/c1-12-7-14(9-20)10-22-18(12)24-6-4-16-17(11-24)25-19(23-16)15-3-5-21-13(2)8-15/h3,5,7-8,10H,4,6,11H2,1-2H3. The number of hydrogen-bond acceptors (Lipinski definition) is 6. The molecule has 0 aliphatic carbocycles. The first-order chi connectivity index (χ1) is 12.1. The summed E-state index contributed by atoms with van der Waals surface area (Å²) in [6.45, 7) is 5.72. The van der Waals surface area contributed by atoms with Gasteiger partial charge in [-0.2, -0.15) is 5.26 Å². The Balaban J connectivity index is 1.63. The van der Waals surface area contributed by atoms with E-state index in [1.165, 1.54) is 10.6 Å². The van der Waals surface area contributed by atoms with Gasteiger partial charge in [0.2, 0.25) is 0 Å². The van der Waals surface area contributed by atoms with Crippen LogP contribution in [0.15, 0.2) is 30.6 Å². The molecule has 25 heavy (non-hydrogen) atoms. The third-order valence-electron chi connectivity index (χ3n) is 4.35. The molecule has 124 valence electrons. The molecule has 3 aromatic heterocycles. The van der Waals surface area contributed by atoms with Gasteiger partial charge in [-0.15, -0.1) is 11.3 Å². The van der Waals surface area contributed by atoms with Crippen molar-refractivity contribution >= 4 is 17.2 Å². The SMILES string of the molecule is Cc1cc(-c2nc3c(s2)CN(c2ncc(C#N)cc2C)CC3)ccn1. The summed E-state index contributed by atoms with van der Waals surface area (Å²) in [4.78, 5) is 17.2. The molecule has 5 nitrogen and oxygen atoms in total. The lowest BCUT2D eigenvalue weighted by atomic mass is 10.1. The van der Waals surface area contributed by atoms with E-state index in [4.69, 9.17) is 10.2 Å². The van der Waals surface area contributed by atoms with Gasteiger partial charge in [0.1, 0.15) is 16.9 Å². The smallest absolute Gasteiger partial charge is 0.131 e. The first-order valence-electron chi connectivity index (χ1n) is 8.17. The highest BCUT2D eigenvalue weighted by Gasteiger charge is 2.23. The molecule has 0 radical (unpaired) electrons. The Morgan fingerprint density at radius 1 is 1.24 bits per heavy atom. The fourth-order valence-electron chi connectivity index (χ4n) is 3.14. The summed E-state index contributed by atoms with van der Waals surface area (Å²) in [5, 5.41) is 10.1. The van der Waals surface area contributed by atoms with E-state index in [2.05, 4.69) is 27.0 Å². The zero-order valence-electron chi connectivity index (χ0n) is 14.2.